The Morgan fingerprint density at radius 2 is 1.85 bits per heavy atom. The highest BCUT2D eigenvalue weighted by molar-refractivity contribution is 6.04. The van der Waals surface area contributed by atoms with E-state index in [9.17, 15) is 14.0 Å². The van der Waals surface area contributed by atoms with Crippen molar-refractivity contribution in [3.63, 3.8) is 0 Å². The fourth-order valence-electron chi connectivity index (χ4n) is 4.84. The molecule has 210 valence electrons. The molecule has 1 aliphatic rings. The topological polar surface area (TPSA) is 100 Å². The summed E-state index contributed by atoms with van der Waals surface area (Å²) in [5, 5.41) is 10.1. The first-order valence-corrected chi connectivity index (χ1v) is 13.2. The fraction of sp³-hybridized carbons (Fsp3) is 0.226. The van der Waals surface area contributed by atoms with Gasteiger partial charge in [0, 0.05) is 42.5 Å². The molecule has 3 heterocycles. The van der Waals surface area contributed by atoms with Gasteiger partial charge in [-0.25, -0.2) is 8.78 Å². The Morgan fingerprint density at radius 1 is 1.10 bits per heavy atom. The van der Waals surface area contributed by atoms with Gasteiger partial charge in [0.2, 0.25) is 0 Å². The number of aromatic nitrogens is 2. The summed E-state index contributed by atoms with van der Waals surface area (Å²) >= 11 is 0. The zero-order valence-corrected chi connectivity index (χ0v) is 22.4. The molecule has 1 fully saturated rings. The van der Waals surface area contributed by atoms with E-state index in [4.69, 9.17) is 10.1 Å². The number of nitrogens with one attached hydrogen (secondary N) is 2. The van der Waals surface area contributed by atoms with Gasteiger partial charge in [-0.15, -0.1) is 0 Å². The van der Waals surface area contributed by atoms with Crippen LogP contribution in [0.5, 0.6) is 11.5 Å². The lowest BCUT2D eigenvalue weighted by atomic mass is 9.90. The number of nitrogens with zero attached hydrogens (tertiary/aromatic N) is 3. The van der Waals surface area contributed by atoms with Gasteiger partial charge < -0.3 is 20.4 Å². The number of piperidine rings is 1. The van der Waals surface area contributed by atoms with E-state index in [0.717, 1.165) is 37.6 Å². The summed E-state index contributed by atoms with van der Waals surface area (Å²) in [6.45, 7) is 1.96. The molecule has 0 atom stereocenters. The molecule has 0 spiro atoms. The highest BCUT2D eigenvalue weighted by atomic mass is 19.1. The highest BCUT2D eigenvalue weighted by Crippen LogP contribution is 2.34. The number of hydrogen-bond donors (Lipinski definition) is 2. The van der Waals surface area contributed by atoms with Crippen LogP contribution in [0.2, 0.25) is 0 Å². The molecular formula is C31H29F2N5O3. The molecular weight excluding hydrogens is 528 g/mol. The third-order valence-electron chi connectivity index (χ3n) is 7.14. The van der Waals surface area contributed by atoms with Gasteiger partial charge in [-0.1, -0.05) is 0 Å². The number of halogens is 2. The van der Waals surface area contributed by atoms with Crippen LogP contribution in [-0.2, 0) is 6.42 Å². The normalized spacial score (nSPS) is 14.0. The highest BCUT2D eigenvalue weighted by Gasteiger charge is 2.21. The SMILES string of the molecule is CN1CCC(c2cnc(CC=N)c(Oc3ccc(NC(=O)c4cccn(-c5ccc(F)cc5)c4=O)cc3F)c2)CC1. The van der Waals surface area contributed by atoms with Gasteiger partial charge in [0.1, 0.15) is 17.1 Å². The van der Waals surface area contributed by atoms with Gasteiger partial charge in [-0.05, 0) is 99.1 Å². The summed E-state index contributed by atoms with van der Waals surface area (Å²) in [4.78, 5) is 32.6. The summed E-state index contributed by atoms with van der Waals surface area (Å²) in [7, 11) is 2.09. The molecule has 41 heavy (non-hydrogen) atoms. The number of rotatable bonds is 8. The number of anilines is 1. The molecule has 2 aromatic carbocycles. The molecule has 1 amide bonds. The van der Waals surface area contributed by atoms with E-state index in [1.165, 1.54) is 65.5 Å². The van der Waals surface area contributed by atoms with Crippen LogP contribution in [0, 0.1) is 17.0 Å². The molecule has 10 heteroatoms. The molecule has 2 N–H and O–H groups in total. The Morgan fingerprint density at radius 3 is 2.56 bits per heavy atom. The van der Waals surface area contributed by atoms with Crippen molar-refractivity contribution in [1.82, 2.24) is 14.5 Å². The minimum Gasteiger partial charge on any atom is -0.452 e. The Balaban J connectivity index is 1.34. The van der Waals surface area contributed by atoms with Gasteiger partial charge in [0.15, 0.2) is 11.6 Å². The summed E-state index contributed by atoms with van der Waals surface area (Å²) in [6.07, 6.45) is 6.71. The largest absolute Gasteiger partial charge is 0.452 e. The first-order valence-electron chi connectivity index (χ1n) is 13.2. The maximum absolute atomic E-state index is 15.2. The number of benzene rings is 2. The first kappa shape index (κ1) is 27.9. The van der Waals surface area contributed by atoms with Crippen molar-refractivity contribution >= 4 is 17.8 Å². The van der Waals surface area contributed by atoms with Crippen LogP contribution in [0.1, 0.15) is 40.4 Å². The van der Waals surface area contributed by atoms with E-state index >= 15 is 4.39 Å². The first-order chi connectivity index (χ1) is 19.8. The predicted molar refractivity (Wildman–Crippen MR) is 153 cm³/mol. The molecule has 0 bridgehead atoms. The van der Waals surface area contributed by atoms with Crippen molar-refractivity contribution < 1.29 is 18.3 Å². The number of likely N-dealkylation sites (tertiary alicyclic amines) is 1. The maximum atomic E-state index is 15.2. The Kier molecular flexibility index (Phi) is 8.30. The molecule has 0 radical (unpaired) electrons. The molecule has 0 aliphatic carbocycles. The molecule has 2 aromatic heterocycles. The number of amides is 1. The summed E-state index contributed by atoms with van der Waals surface area (Å²) in [5.74, 6) is -1.24. The van der Waals surface area contributed by atoms with Crippen molar-refractivity contribution in [2.24, 2.45) is 0 Å². The van der Waals surface area contributed by atoms with Crippen LogP contribution in [0.4, 0.5) is 14.5 Å². The monoisotopic (exact) mass is 557 g/mol. The standard InChI is InChI=1S/C31H29F2N5O3/c1-37-15-11-20(12-16-37)21-17-29(27(10-13-34)35-19-21)41-28-9-6-23(18-26(28)33)36-30(39)25-3-2-14-38(31(25)40)24-7-4-22(32)5-8-24/h2-9,13-14,17-20,34H,10-12,15-16H2,1H3,(H,36,39). The average Bonchev–Trinajstić information content (AvgIpc) is 2.96. The fourth-order valence-corrected chi connectivity index (χ4v) is 4.84. The Bertz CT molecular complexity index is 1630. The Hall–Kier alpha value is -4.70. The maximum Gasteiger partial charge on any atom is 0.267 e. The van der Waals surface area contributed by atoms with E-state index in [1.54, 1.807) is 0 Å². The van der Waals surface area contributed by atoms with Crippen LogP contribution < -0.4 is 15.6 Å². The lowest BCUT2D eigenvalue weighted by molar-refractivity contribution is 0.102. The number of pyridine rings is 2. The smallest absolute Gasteiger partial charge is 0.267 e. The summed E-state index contributed by atoms with van der Waals surface area (Å²) in [6, 6.07) is 14.0. The summed E-state index contributed by atoms with van der Waals surface area (Å²) < 4.78 is 35.6. The number of carbonyl (C=O) groups is 1. The molecule has 0 saturated carbocycles. The minimum absolute atomic E-state index is 0.0602. The van der Waals surface area contributed by atoms with Crippen molar-refractivity contribution in [2.45, 2.75) is 25.2 Å². The lowest BCUT2D eigenvalue weighted by Crippen LogP contribution is -2.29. The zero-order valence-electron chi connectivity index (χ0n) is 22.4. The summed E-state index contributed by atoms with van der Waals surface area (Å²) in [5.41, 5.74) is 1.30. The number of carbonyl (C=O) groups excluding carboxylic acids is 1. The van der Waals surface area contributed by atoms with E-state index in [0.29, 0.717) is 23.0 Å². The third kappa shape index (κ3) is 6.38. The quantitative estimate of drug-likeness (QED) is 0.277. The van der Waals surface area contributed by atoms with Gasteiger partial charge in [-0.2, -0.15) is 0 Å². The molecule has 0 unspecified atom stereocenters. The van der Waals surface area contributed by atoms with E-state index in [1.807, 2.05) is 12.3 Å². The molecule has 1 aliphatic heterocycles. The van der Waals surface area contributed by atoms with E-state index in [-0.39, 0.29) is 23.4 Å². The van der Waals surface area contributed by atoms with Crippen LogP contribution >= 0.6 is 0 Å². The third-order valence-corrected chi connectivity index (χ3v) is 7.14. The zero-order chi connectivity index (χ0) is 28.9. The van der Waals surface area contributed by atoms with Crippen molar-refractivity contribution in [2.75, 3.05) is 25.5 Å². The van der Waals surface area contributed by atoms with Crippen molar-refractivity contribution in [3.05, 3.63) is 112 Å². The minimum atomic E-state index is -0.720. The van der Waals surface area contributed by atoms with E-state index in [2.05, 4.69) is 22.2 Å². The molecule has 8 nitrogen and oxygen atoms in total. The van der Waals surface area contributed by atoms with Gasteiger partial charge in [0.05, 0.1) is 5.69 Å². The van der Waals surface area contributed by atoms with E-state index < -0.39 is 23.1 Å². The molecule has 5 rings (SSSR count). The molecule has 1 saturated heterocycles. The van der Waals surface area contributed by atoms with Gasteiger partial charge in [0.25, 0.3) is 11.5 Å². The Labute approximate surface area is 235 Å². The lowest BCUT2D eigenvalue weighted by Gasteiger charge is -2.29. The van der Waals surface area contributed by atoms with Crippen molar-refractivity contribution in [1.29, 1.82) is 5.41 Å². The number of ether oxygens (including phenoxy) is 1. The van der Waals surface area contributed by atoms with Gasteiger partial charge in [-0.3, -0.25) is 19.1 Å². The van der Waals surface area contributed by atoms with Crippen LogP contribution in [0.3, 0.4) is 0 Å². The van der Waals surface area contributed by atoms with Crippen LogP contribution in [0.25, 0.3) is 5.69 Å². The van der Waals surface area contributed by atoms with Crippen molar-refractivity contribution in [3.8, 4) is 17.2 Å². The second-order valence-corrected chi connectivity index (χ2v) is 9.97. The second kappa shape index (κ2) is 12.2. The predicted octanol–water partition coefficient (Wildman–Crippen LogP) is 5.56. The average molecular weight is 558 g/mol. The molecule has 4 aromatic rings. The number of hydrogen-bond acceptors (Lipinski definition) is 6. The van der Waals surface area contributed by atoms with Crippen LogP contribution in [-0.4, -0.2) is 46.7 Å². The van der Waals surface area contributed by atoms with Gasteiger partial charge >= 0.3 is 0 Å². The van der Waals surface area contributed by atoms with Crippen LogP contribution in [0.15, 0.2) is 77.9 Å². The second-order valence-electron chi connectivity index (χ2n) is 9.97.